The first-order valence-electron chi connectivity index (χ1n) is 6.27. The van der Waals surface area contributed by atoms with Crippen molar-refractivity contribution in [3.05, 3.63) is 65.0 Å². The van der Waals surface area contributed by atoms with Gasteiger partial charge in [0.25, 0.3) is 0 Å². The van der Waals surface area contributed by atoms with Gasteiger partial charge in [-0.05, 0) is 35.2 Å². The highest BCUT2D eigenvalue weighted by Crippen LogP contribution is 2.19. The molecule has 0 N–H and O–H groups in total. The SMILES string of the molecule is CCc1ccc(COc2cc(F)cc(CCl)c2)cc1. The first-order valence-corrected chi connectivity index (χ1v) is 6.80. The highest BCUT2D eigenvalue weighted by molar-refractivity contribution is 6.17. The molecule has 0 radical (unpaired) electrons. The summed E-state index contributed by atoms with van der Waals surface area (Å²) in [5, 5.41) is 0. The fourth-order valence-electron chi connectivity index (χ4n) is 1.82. The molecule has 0 aliphatic rings. The number of rotatable bonds is 5. The average Bonchev–Trinajstić information content (AvgIpc) is 2.45. The molecule has 0 aliphatic carbocycles. The lowest BCUT2D eigenvalue weighted by molar-refractivity contribution is 0.304. The molecule has 0 bridgehead atoms. The summed E-state index contributed by atoms with van der Waals surface area (Å²) in [5.74, 6) is 0.462. The predicted octanol–water partition coefficient (Wildman–Crippen LogP) is 4.71. The van der Waals surface area contributed by atoms with Crippen molar-refractivity contribution in [3.8, 4) is 5.75 Å². The Kier molecular flexibility index (Phi) is 4.80. The second-order valence-corrected chi connectivity index (χ2v) is 4.65. The summed E-state index contributed by atoms with van der Waals surface area (Å²) < 4.78 is 18.9. The monoisotopic (exact) mass is 278 g/mol. The van der Waals surface area contributed by atoms with Gasteiger partial charge in [0.1, 0.15) is 18.2 Å². The lowest BCUT2D eigenvalue weighted by atomic mass is 10.1. The standard InChI is InChI=1S/C16H16ClFO/c1-2-12-3-5-13(6-4-12)11-19-16-8-14(10-17)7-15(18)9-16/h3-9H,2,10-11H2,1H3. The van der Waals surface area contributed by atoms with Crippen molar-refractivity contribution in [2.45, 2.75) is 25.8 Å². The molecule has 1 nitrogen and oxygen atoms in total. The van der Waals surface area contributed by atoms with Crippen molar-refractivity contribution in [1.29, 1.82) is 0 Å². The molecule has 0 amide bonds. The number of hydrogen-bond acceptors (Lipinski definition) is 1. The Bertz CT molecular complexity index is 537. The molecular formula is C16H16ClFO. The smallest absolute Gasteiger partial charge is 0.127 e. The van der Waals surface area contributed by atoms with E-state index in [1.54, 1.807) is 6.07 Å². The molecule has 0 heterocycles. The van der Waals surface area contributed by atoms with E-state index in [4.69, 9.17) is 16.3 Å². The van der Waals surface area contributed by atoms with Gasteiger partial charge < -0.3 is 4.74 Å². The summed E-state index contributed by atoms with van der Waals surface area (Å²) in [4.78, 5) is 0. The van der Waals surface area contributed by atoms with Gasteiger partial charge in [-0.1, -0.05) is 31.2 Å². The summed E-state index contributed by atoms with van der Waals surface area (Å²) in [6.07, 6.45) is 1.02. The molecule has 0 atom stereocenters. The second kappa shape index (κ2) is 6.58. The molecule has 2 aromatic carbocycles. The molecule has 0 spiro atoms. The van der Waals surface area contributed by atoms with Crippen molar-refractivity contribution in [3.63, 3.8) is 0 Å². The minimum atomic E-state index is -0.325. The van der Waals surface area contributed by atoms with Crippen LogP contribution in [0.5, 0.6) is 5.75 Å². The van der Waals surface area contributed by atoms with Crippen molar-refractivity contribution in [2.75, 3.05) is 0 Å². The number of halogens is 2. The van der Waals surface area contributed by atoms with Gasteiger partial charge in [-0.15, -0.1) is 11.6 Å². The Labute approximate surface area is 118 Å². The molecule has 0 fully saturated rings. The average molecular weight is 279 g/mol. The third kappa shape index (κ3) is 3.97. The van der Waals surface area contributed by atoms with Gasteiger partial charge in [0, 0.05) is 11.9 Å². The third-order valence-corrected chi connectivity index (χ3v) is 3.23. The minimum absolute atomic E-state index is 0.277. The Morgan fingerprint density at radius 2 is 1.68 bits per heavy atom. The highest BCUT2D eigenvalue weighted by Gasteiger charge is 2.02. The van der Waals surface area contributed by atoms with Crippen LogP contribution >= 0.6 is 11.6 Å². The summed E-state index contributed by atoms with van der Waals surface area (Å²) in [7, 11) is 0. The zero-order valence-electron chi connectivity index (χ0n) is 10.8. The molecule has 100 valence electrons. The summed E-state index contributed by atoms with van der Waals surface area (Å²) >= 11 is 5.70. The second-order valence-electron chi connectivity index (χ2n) is 4.39. The Hall–Kier alpha value is -1.54. The zero-order chi connectivity index (χ0) is 13.7. The maximum atomic E-state index is 13.3. The van der Waals surface area contributed by atoms with Crippen molar-refractivity contribution < 1.29 is 9.13 Å². The van der Waals surface area contributed by atoms with Gasteiger partial charge in [0.05, 0.1) is 0 Å². The Morgan fingerprint density at radius 1 is 1.00 bits per heavy atom. The first-order chi connectivity index (χ1) is 9.21. The topological polar surface area (TPSA) is 9.23 Å². The lowest BCUT2D eigenvalue weighted by Crippen LogP contribution is -1.97. The van der Waals surface area contributed by atoms with Crippen LogP contribution in [0, 0.1) is 5.82 Å². The number of ether oxygens (including phenoxy) is 1. The van der Waals surface area contributed by atoms with E-state index in [0.29, 0.717) is 12.4 Å². The fraction of sp³-hybridized carbons (Fsp3) is 0.250. The van der Waals surface area contributed by atoms with Crippen LogP contribution < -0.4 is 4.74 Å². The maximum absolute atomic E-state index is 13.3. The molecule has 0 unspecified atom stereocenters. The van der Waals surface area contributed by atoms with Gasteiger partial charge in [-0.3, -0.25) is 0 Å². The summed E-state index contributed by atoms with van der Waals surface area (Å²) in [6.45, 7) is 2.54. The van der Waals surface area contributed by atoms with E-state index >= 15 is 0 Å². The first kappa shape index (κ1) is 13.9. The normalized spacial score (nSPS) is 10.5. The van der Waals surface area contributed by atoms with E-state index < -0.39 is 0 Å². The number of benzene rings is 2. The largest absolute Gasteiger partial charge is 0.489 e. The van der Waals surface area contributed by atoms with Crippen LogP contribution in [0.1, 0.15) is 23.6 Å². The molecule has 0 aliphatic heterocycles. The van der Waals surface area contributed by atoms with Crippen LogP contribution in [-0.2, 0) is 18.9 Å². The predicted molar refractivity (Wildman–Crippen MR) is 76.1 cm³/mol. The van der Waals surface area contributed by atoms with E-state index in [-0.39, 0.29) is 11.7 Å². The van der Waals surface area contributed by atoms with Crippen LogP contribution in [0.3, 0.4) is 0 Å². The number of aryl methyl sites for hydroxylation is 1. The van der Waals surface area contributed by atoms with E-state index in [2.05, 4.69) is 19.1 Å². The molecule has 2 aromatic rings. The molecule has 0 saturated heterocycles. The van der Waals surface area contributed by atoms with Gasteiger partial charge >= 0.3 is 0 Å². The molecular weight excluding hydrogens is 263 g/mol. The van der Waals surface area contributed by atoms with Gasteiger partial charge in [0.2, 0.25) is 0 Å². The van der Waals surface area contributed by atoms with Crippen molar-refractivity contribution >= 4 is 11.6 Å². The molecule has 0 aromatic heterocycles. The van der Waals surface area contributed by atoms with Crippen LogP contribution in [-0.4, -0.2) is 0 Å². The fourth-order valence-corrected chi connectivity index (χ4v) is 1.97. The van der Waals surface area contributed by atoms with Gasteiger partial charge in [-0.25, -0.2) is 4.39 Å². The van der Waals surface area contributed by atoms with E-state index in [9.17, 15) is 4.39 Å². The quantitative estimate of drug-likeness (QED) is 0.720. The van der Waals surface area contributed by atoms with Crippen LogP contribution in [0.4, 0.5) is 4.39 Å². The molecule has 2 rings (SSSR count). The Balaban J connectivity index is 2.03. The van der Waals surface area contributed by atoms with Crippen molar-refractivity contribution in [2.24, 2.45) is 0 Å². The zero-order valence-corrected chi connectivity index (χ0v) is 11.6. The van der Waals surface area contributed by atoms with Gasteiger partial charge in [0.15, 0.2) is 0 Å². The van der Waals surface area contributed by atoms with Crippen LogP contribution in [0.25, 0.3) is 0 Å². The highest BCUT2D eigenvalue weighted by atomic mass is 35.5. The molecule has 19 heavy (non-hydrogen) atoms. The van der Waals surface area contributed by atoms with E-state index in [1.165, 1.54) is 17.7 Å². The molecule has 0 saturated carbocycles. The number of alkyl halides is 1. The Morgan fingerprint density at radius 3 is 2.32 bits per heavy atom. The maximum Gasteiger partial charge on any atom is 0.127 e. The minimum Gasteiger partial charge on any atom is -0.489 e. The van der Waals surface area contributed by atoms with Crippen LogP contribution in [0.15, 0.2) is 42.5 Å². The van der Waals surface area contributed by atoms with Crippen molar-refractivity contribution in [1.82, 2.24) is 0 Å². The number of hydrogen-bond donors (Lipinski definition) is 0. The lowest BCUT2D eigenvalue weighted by Gasteiger charge is -2.08. The summed E-state index contributed by atoms with van der Waals surface area (Å²) in [5.41, 5.74) is 3.07. The van der Waals surface area contributed by atoms with E-state index in [0.717, 1.165) is 17.5 Å². The third-order valence-electron chi connectivity index (χ3n) is 2.92. The van der Waals surface area contributed by atoms with E-state index in [1.807, 2.05) is 12.1 Å². The van der Waals surface area contributed by atoms with Gasteiger partial charge in [-0.2, -0.15) is 0 Å². The summed E-state index contributed by atoms with van der Waals surface area (Å²) in [6, 6.07) is 12.8. The molecule has 3 heteroatoms. The van der Waals surface area contributed by atoms with Crippen LogP contribution in [0.2, 0.25) is 0 Å².